The van der Waals surface area contributed by atoms with E-state index in [1.807, 2.05) is 0 Å². The van der Waals surface area contributed by atoms with E-state index >= 15 is 0 Å². The van der Waals surface area contributed by atoms with E-state index in [4.69, 9.17) is 4.42 Å². The minimum Gasteiger partial charge on any atom is -0.455 e. The topological polar surface area (TPSA) is 99.3 Å². The molecule has 8 nitrogen and oxygen atoms in total. The van der Waals surface area contributed by atoms with Gasteiger partial charge in [0.1, 0.15) is 24.2 Å². The number of nitrogens with zero attached hydrogens (tertiary/aromatic N) is 5. The zero-order valence-corrected chi connectivity index (χ0v) is 10.7. The van der Waals surface area contributed by atoms with Crippen LogP contribution in [-0.4, -0.2) is 26.0 Å². The van der Waals surface area contributed by atoms with Gasteiger partial charge in [-0.2, -0.15) is 5.10 Å². The van der Waals surface area contributed by atoms with Gasteiger partial charge in [-0.25, -0.2) is 4.68 Å². The summed E-state index contributed by atoms with van der Waals surface area (Å²) in [5.74, 6) is 1.16. The average Bonchev–Trinajstić information content (AvgIpc) is 3.17. The molecule has 0 aliphatic heterocycles. The number of non-ortho nitro benzene ring substituents is 1. The first-order chi connectivity index (χ1) is 10.2. The zero-order valence-electron chi connectivity index (χ0n) is 10.7. The molecule has 8 heteroatoms. The van der Waals surface area contributed by atoms with E-state index < -0.39 is 4.92 Å². The molecule has 0 aliphatic carbocycles. The minimum absolute atomic E-state index is 0.0414. The highest BCUT2D eigenvalue weighted by Gasteiger charge is 2.07. The van der Waals surface area contributed by atoms with Crippen LogP contribution in [-0.2, 0) is 0 Å². The van der Waals surface area contributed by atoms with Crippen molar-refractivity contribution in [3.63, 3.8) is 0 Å². The summed E-state index contributed by atoms with van der Waals surface area (Å²) >= 11 is 0. The Morgan fingerprint density at radius 2 is 1.86 bits per heavy atom. The fraction of sp³-hybridized carbons (Fsp3) is 0. The van der Waals surface area contributed by atoms with E-state index in [2.05, 4.69) is 15.3 Å². The average molecular weight is 283 g/mol. The summed E-state index contributed by atoms with van der Waals surface area (Å²) in [5.41, 5.74) is 0.796. The normalized spacial score (nSPS) is 11.0. The number of nitro groups is 1. The molecule has 3 rings (SSSR count). The van der Waals surface area contributed by atoms with Crippen molar-refractivity contribution in [3.8, 4) is 11.3 Å². The first-order valence-corrected chi connectivity index (χ1v) is 5.96. The third kappa shape index (κ3) is 2.84. The summed E-state index contributed by atoms with van der Waals surface area (Å²) in [6.07, 6.45) is 4.44. The van der Waals surface area contributed by atoms with Gasteiger partial charge >= 0.3 is 0 Å². The molecule has 0 radical (unpaired) electrons. The van der Waals surface area contributed by atoms with Crippen molar-refractivity contribution in [3.05, 3.63) is 64.9 Å². The van der Waals surface area contributed by atoms with E-state index in [-0.39, 0.29) is 5.69 Å². The quantitative estimate of drug-likeness (QED) is 0.415. The highest BCUT2D eigenvalue weighted by Crippen LogP contribution is 2.23. The number of hydrogen-bond donors (Lipinski definition) is 0. The minimum atomic E-state index is -0.441. The van der Waals surface area contributed by atoms with E-state index in [1.54, 1.807) is 24.3 Å². The van der Waals surface area contributed by atoms with Crippen molar-refractivity contribution in [1.82, 2.24) is 14.9 Å². The smallest absolute Gasteiger partial charge is 0.269 e. The van der Waals surface area contributed by atoms with Crippen LogP contribution < -0.4 is 0 Å². The van der Waals surface area contributed by atoms with Gasteiger partial charge in [0.25, 0.3) is 5.69 Å². The highest BCUT2D eigenvalue weighted by atomic mass is 16.6. The van der Waals surface area contributed by atoms with E-state index in [0.29, 0.717) is 11.5 Å². The molecule has 0 unspecified atom stereocenters. The second-order valence-corrected chi connectivity index (χ2v) is 4.09. The van der Waals surface area contributed by atoms with Crippen LogP contribution in [0.5, 0.6) is 0 Å². The highest BCUT2D eigenvalue weighted by molar-refractivity contribution is 5.77. The third-order valence-corrected chi connectivity index (χ3v) is 2.71. The molecule has 0 fully saturated rings. The predicted octanol–water partition coefficient (Wildman–Crippen LogP) is 2.33. The van der Waals surface area contributed by atoms with Gasteiger partial charge < -0.3 is 4.42 Å². The Hall–Kier alpha value is -3.29. The SMILES string of the molecule is O=[N+]([O-])c1ccc(-c2ccc(/C=N\n3cnnc3)o2)cc1. The maximum atomic E-state index is 10.6. The molecule has 21 heavy (non-hydrogen) atoms. The van der Waals surface area contributed by atoms with Crippen LogP contribution in [0.25, 0.3) is 11.3 Å². The van der Waals surface area contributed by atoms with Gasteiger partial charge in [0.15, 0.2) is 0 Å². The monoisotopic (exact) mass is 283 g/mol. The lowest BCUT2D eigenvalue weighted by atomic mass is 10.1. The van der Waals surface area contributed by atoms with Crippen LogP contribution in [0.3, 0.4) is 0 Å². The zero-order chi connectivity index (χ0) is 14.7. The van der Waals surface area contributed by atoms with Crippen molar-refractivity contribution < 1.29 is 9.34 Å². The summed E-state index contributed by atoms with van der Waals surface area (Å²) < 4.78 is 7.03. The van der Waals surface area contributed by atoms with Crippen LogP contribution in [0.15, 0.2) is 58.6 Å². The molecular weight excluding hydrogens is 274 g/mol. The van der Waals surface area contributed by atoms with Crippen LogP contribution >= 0.6 is 0 Å². The van der Waals surface area contributed by atoms with Gasteiger partial charge in [-0.3, -0.25) is 10.1 Å². The van der Waals surface area contributed by atoms with Crippen molar-refractivity contribution >= 4 is 11.9 Å². The molecule has 0 bridgehead atoms. The Labute approximate surface area is 118 Å². The molecule has 0 aliphatic rings. The Balaban J connectivity index is 1.79. The van der Waals surface area contributed by atoms with Crippen molar-refractivity contribution in [2.45, 2.75) is 0 Å². The Bertz CT molecular complexity index is 775. The molecule has 0 saturated heterocycles. The summed E-state index contributed by atoms with van der Waals surface area (Å²) in [6.45, 7) is 0. The van der Waals surface area contributed by atoms with Gasteiger partial charge in [-0.05, 0) is 24.3 Å². The largest absolute Gasteiger partial charge is 0.455 e. The van der Waals surface area contributed by atoms with E-state index in [1.165, 1.54) is 35.7 Å². The molecule has 0 spiro atoms. The van der Waals surface area contributed by atoms with Crippen molar-refractivity contribution in [2.75, 3.05) is 0 Å². The van der Waals surface area contributed by atoms with E-state index in [9.17, 15) is 10.1 Å². The first kappa shape index (κ1) is 12.7. The van der Waals surface area contributed by atoms with E-state index in [0.717, 1.165) is 5.56 Å². The summed E-state index contributed by atoms with van der Waals surface area (Å²) in [5, 5.41) is 21.9. The number of rotatable bonds is 4. The molecule has 2 heterocycles. The first-order valence-electron chi connectivity index (χ1n) is 5.96. The van der Waals surface area contributed by atoms with Gasteiger partial charge in [0, 0.05) is 17.7 Å². The van der Waals surface area contributed by atoms with Gasteiger partial charge in [0.05, 0.1) is 11.1 Å². The summed E-state index contributed by atoms with van der Waals surface area (Å²) in [7, 11) is 0. The van der Waals surface area contributed by atoms with Crippen LogP contribution in [0.1, 0.15) is 5.76 Å². The molecule has 0 N–H and O–H groups in total. The Morgan fingerprint density at radius 3 is 2.52 bits per heavy atom. The molecular formula is C13H9N5O3. The number of aromatic nitrogens is 3. The second-order valence-electron chi connectivity index (χ2n) is 4.09. The fourth-order valence-electron chi connectivity index (χ4n) is 1.70. The van der Waals surface area contributed by atoms with Crippen LogP contribution in [0.4, 0.5) is 5.69 Å². The Kier molecular flexibility index (Phi) is 3.26. The summed E-state index contributed by atoms with van der Waals surface area (Å²) in [4.78, 5) is 10.2. The van der Waals surface area contributed by atoms with Gasteiger partial charge in [-0.1, -0.05) is 0 Å². The van der Waals surface area contributed by atoms with Crippen molar-refractivity contribution in [2.24, 2.45) is 5.10 Å². The van der Waals surface area contributed by atoms with Gasteiger partial charge in [-0.15, -0.1) is 10.2 Å². The number of hydrogen-bond acceptors (Lipinski definition) is 6. The molecule has 1 aromatic carbocycles. The molecule has 0 atom stereocenters. The maximum Gasteiger partial charge on any atom is 0.269 e. The fourth-order valence-corrected chi connectivity index (χ4v) is 1.70. The molecule has 3 aromatic rings. The van der Waals surface area contributed by atoms with Gasteiger partial charge in [0.2, 0.25) is 0 Å². The molecule has 2 aromatic heterocycles. The lowest BCUT2D eigenvalue weighted by Crippen LogP contribution is -1.86. The molecule has 104 valence electrons. The van der Waals surface area contributed by atoms with Crippen LogP contribution in [0.2, 0.25) is 0 Å². The predicted molar refractivity (Wildman–Crippen MR) is 73.8 cm³/mol. The lowest BCUT2D eigenvalue weighted by Gasteiger charge is -1.96. The summed E-state index contributed by atoms with van der Waals surface area (Å²) in [6, 6.07) is 9.67. The molecule has 0 amide bonds. The molecule has 0 saturated carbocycles. The second kappa shape index (κ2) is 5.37. The lowest BCUT2D eigenvalue weighted by molar-refractivity contribution is -0.384. The van der Waals surface area contributed by atoms with Crippen LogP contribution in [0, 0.1) is 10.1 Å². The maximum absolute atomic E-state index is 10.6. The number of furan rings is 1. The van der Waals surface area contributed by atoms with Crippen molar-refractivity contribution in [1.29, 1.82) is 0 Å². The standard InChI is InChI=1S/C13H9N5O3/c19-18(20)11-3-1-10(2-4-11)13-6-5-12(21-13)7-16-17-8-14-15-9-17/h1-9H/b16-7-. The number of nitro benzene ring substituents is 1. The Morgan fingerprint density at radius 1 is 1.14 bits per heavy atom. The third-order valence-electron chi connectivity index (χ3n) is 2.71. The number of benzene rings is 1.